The van der Waals surface area contributed by atoms with Crippen molar-refractivity contribution in [3.8, 4) is 16.9 Å². The van der Waals surface area contributed by atoms with E-state index in [1.807, 2.05) is 30.3 Å². The van der Waals surface area contributed by atoms with E-state index in [-0.39, 0.29) is 17.6 Å². The molecule has 0 N–H and O–H groups in total. The summed E-state index contributed by atoms with van der Waals surface area (Å²) in [6.07, 6.45) is 0.265. The predicted molar refractivity (Wildman–Crippen MR) is 117 cm³/mol. The highest BCUT2D eigenvalue weighted by atomic mass is 32.2. The largest absolute Gasteiger partial charge is 0.487 e. The van der Waals surface area contributed by atoms with Gasteiger partial charge in [-0.1, -0.05) is 72.8 Å². The van der Waals surface area contributed by atoms with Gasteiger partial charge in [0.1, 0.15) is 18.5 Å². The highest BCUT2D eigenvalue weighted by Crippen LogP contribution is 2.39. The predicted octanol–water partition coefficient (Wildman–Crippen LogP) is 5.22. The SMILES string of the molecule is O=S(=O)(OCC1Cc2cccc(-c3ccc4ccccc4c3)c2O1)c1ccccc1. The van der Waals surface area contributed by atoms with Crippen LogP contribution in [0.2, 0.25) is 0 Å². The summed E-state index contributed by atoms with van der Waals surface area (Å²) in [7, 11) is -3.80. The minimum Gasteiger partial charge on any atom is -0.487 e. The van der Waals surface area contributed by atoms with Crippen LogP contribution in [0.15, 0.2) is 95.9 Å². The van der Waals surface area contributed by atoms with Crippen LogP contribution >= 0.6 is 0 Å². The Kier molecular flexibility index (Phi) is 4.77. The van der Waals surface area contributed by atoms with E-state index in [1.54, 1.807) is 18.2 Å². The molecule has 1 aliphatic rings. The molecule has 0 aromatic heterocycles. The van der Waals surface area contributed by atoms with Crippen molar-refractivity contribution in [3.63, 3.8) is 0 Å². The summed E-state index contributed by atoms with van der Waals surface area (Å²) in [5.41, 5.74) is 3.14. The number of para-hydroxylation sites is 1. The molecule has 4 nitrogen and oxygen atoms in total. The molecular formula is C25H20O4S. The van der Waals surface area contributed by atoms with Gasteiger partial charge >= 0.3 is 0 Å². The second-order valence-electron chi connectivity index (χ2n) is 7.35. The van der Waals surface area contributed by atoms with E-state index in [4.69, 9.17) is 8.92 Å². The zero-order chi connectivity index (χ0) is 20.6. The van der Waals surface area contributed by atoms with Gasteiger partial charge in [-0.05, 0) is 40.1 Å². The summed E-state index contributed by atoms with van der Waals surface area (Å²) < 4.78 is 36.2. The molecular weight excluding hydrogens is 396 g/mol. The molecule has 30 heavy (non-hydrogen) atoms. The Bertz CT molecular complexity index is 1310. The van der Waals surface area contributed by atoms with Gasteiger partial charge in [0.2, 0.25) is 0 Å². The van der Waals surface area contributed by atoms with Crippen molar-refractivity contribution in [1.82, 2.24) is 0 Å². The molecule has 150 valence electrons. The number of fused-ring (bicyclic) bond motifs is 2. The van der Waals surface area contributed by atoms with E-state index in [0.717, 1.165) is 22.4 Å². The quantitative estimate of drug-likeness (QED) is 0.419. The van der Waals surface area contributed by atoms with Crippen LogP contribution in [0.5, 0.6) is 5.75 Å². The van der Waals surface area contributed by atoms with Crippen molar-refractivity contribution >= 4 is 20.9 Å². The summed E-state index contributed by atoms with van der Waals surface area (Å²) in [4.78, 5) is 0.150. The van der Waals surface area contributed by atoms with Gasteiger partial charge in [0, 0.05) is 12.0 Å². The molecule has 0 spiro atoms. The molecule has 0 aliphatic carbocycles. The zero-order valence-electron chi connectivity index (χ0n) is 16.2. The topological polar surface area (TPSA) is 52.6 Å². The van der Waals surface area contributed by atoms with Crippen LogP contribution in [0.1, 0.15) is 5.56 Å². The maximum Gasteiger partial charge on any atom is 0.297 e. The highest BCUT2D eigenvalue weighted by Gasteiger charge is 2.28. The molecule has 0 bridgehead atoms. The first-order valence-corrected chi connectivity index (χ1v) is 11.2. The van der Waals surface area contributed by atoms with E-state index < -0.39 is 10.1 Å². The Labute approximate surface area is 175 Å². The molecule has 0 fully saturated rings. The summed E-state index contributed by atoms with van der Waals surface area (Å²) in [5, 5.41) is 2.35. The van der Waals surface area contributed by atoms with Crippen LogP contribution in [0.4, 0.5) is 0 Å². The van der Waals surface area contributed by atoms with Crippen molar-refractivity contribution in [2.45, 2.75) is 17.4 Å². The van der Waals surface area contributed by atoms with Crippen LogP contribution in [-0.2, 0) is 20.7 Å². The number of hydrogen-bond acceptors (Lipinski definition) is 4. The van der Waals surface area contributed by atoms with Crippen molar-refractivity contribution in [3.05, 3.63) is 96.6 Å². The Morgan fingerprint density at radius 1 is 0.833 bits per heavy atom. The number of ether oxygens (including phenoxy) is 1. The van der Waals surface area contributed by atoms with Gasteiger partial charge in [0.15, 0.2) is 0 Å². The average molecular weight is 416 g/mol. The molecule has 4 aromatic rings. The standard InChI is InChI=1S/C25H20O4S/c26-30(27,23-10-2-1-3-11-23)28-17-22-16-21-9-6-12-24(25(21)29-22)20-14-13-18-7-4-5-8-19(18)15-20/h1-15,22H,16-17H2. The maximum atomic E-state index is 12.4. The lowest BCUT2D eigenvalue weighted by atomic mass is 9.98. The van der Waals surface area contributed by atoms with Gasteiger partial charge < -0.3 is 4.74 Å². The van der Waals surface area contributed by atoms with Crippen LogP contribution in [0.25, 0.3) is 21.9 Å². The number of hydrogen-bond donors (Lipinski definition) is 0. The van der Waals surface area contributed by atoms with E-state index in [9.17, 15) is 8.42 Å². The average Bonchev–Trinajstić information content (AvgIpc) is 3.21. The minimum atomic E-state index is -3.80. The molecule has 0 saturated carbocycles. The second kappa shape index (κ2) is 7.59. The van der Waals surface area contributed by atoms with Gasteiger partial charge in [0.05, 0.1) is 4.90 Å². The Hall–Kier alpha value is -3.15. The first-order chi connectivity index (χ1) is 14.6. The first-order valence-electron chi connectivity index (χ1n) is 9.82. The van der Waals surface area contributed by atoms with E-state index in [0.29, 0.717) is 6.42 Å². The van der Waals surface area contributed by atoms with E-state index >= 15 is 0 Å². The number of rotatable bonds is 5. The summed E-state index contributed by atoms with van der Waals surface area (Å²) in [5.74, 6) is 0.804. The fourth-order valence-electron chi connectivity index (χ4n) is 3.84. The van der Waals surface area contributed by atoms with Crippen LogP contribution < -0.4 is 4.74 Å². The molecule has 5 heteroatoms. The summed E-state index contributed by atoms with van der Waals surface area (Å²) in [6, 6.07) is 28.8. The van der Waals surface area contributed by atoms with E-state index in [2.05, 4.69) is 30.3 Å². The molecule has 1 unspecified atom stereocenters. The van der Waals surface area contributed by atoms with Gasteiger partial charge in [0.25, 0.3) is 10.1 Å². The van der Waals surface area contributed by atoms with Gasteiger partial charge in [-0.3, -0.25) is 4.18 Å². The zero-order valence-corrected chi connectivity index (χ0v) is 17.0. The summed E-state index contributed by atoms with van der Waals surface area (Å²) in [6.45, 7) is -0.0247. The fraction of sp³-hybridized carbons (Fsp3) is 0.120. The molecule has 1 aliphatic heterocycles. The van der Waals surface area contributed by atoms with Crippen LogP contribution in [-0.4, -0.2) is 21.1 Å². The van der Waals surface area contributed by atoms with Crippen LogP contribution in [0, 0.1) is 0 Å². The summed E-state index contributed by atoms with van der Waals surface area (Å²) >= 11 is 0. The van der Waals surface area contributed by atoms with Gasteiger partial charge in [-0.25, -0.2) is 0 Å². The lowest BCUT2D eigenvalue weighted by molar-refractivity contribution is 0.152. The first kappa shape index (κ1) is 18.9. The molecule has 0 radical (unpaired) electrons. The highest BCUT2D eigenvalue weighted by molar-refractivity contribution is 7.86. The normalized spacial score (nSPS) is 15.7. The lowest BCUT2D eigenvalue weighted by Crippen LogP contribution is -2.23. The third-order valence-electron chi connectivity index (χ3n) is 5.33. The smallest absolute Gasteiger partial charge is 0.297 e. The van der Waals surface area contributed by atoms with Gasteiger partial charge in [-0.2, -0.15) is 8.42 Å². The molecule has 1 heterocycles. The molecule has 0 saturated heterocycles. The molecule has 5 rings (SSSR count). The van der Waals surface area contributed by atoms with Crippen molar-refractivity contribution in [2.24, 2.45) is 0 Å². The van der Waals surface area contributed by atoms with Gasteiger partial charge in [-0.15, -0.1) is 0 Å². The molecule has 4 aromatic carbocycles. The second-order valence-corrected chi connectivity index (χ2v) is 8.97. The third-order valence-corrected chi connectivity index (χ3v) is 6.63. The number of benzene rings is 4. The Morgan fingerprint density at radius 3 is 2.43 bits per heavy atom. The van der Waals surface area contributed by atoms with Crippen LogP contribution in [0.3, 0.4) is 0 Å². The monoisotopic (exact) mass is 416 g/mol. The Morgan fingerprint density at radius 2 is 1.60 bits per heavy atom. The fourth-order valence-corrected chi connectivity index (χ4v) is 4.79. The lowest BCUT2D eigenvalue weighted by Gasteiger charge is -2.13. The van der Waals surface area contributed by atoms with E-state index in [1.165, 1.54) is 22.9 Å². The third kappa shape index (κ3) is 3.58. The van der Waals surface area contributed by atoms with Crippen molar-refractivity contribution < 1.29 is 17.3 Å². The van der Waals surface area contributed by atoms with Crippen molar-refractivity contribution in [2.75, 3.05) is 6.61 Å². The molecule has 0 amide bonds. The minimum absolute atomic E-state index is 0.0247. The molecule has 1 atom stereocenters. The van der Waals surface area contributed by atoms with Crippen molar-refractivity contribution in [1.29, 1.82) is 0 Å². The Balaban J connectivity index is 1.37. The maximum absolute atomic E-state index is 12.4.